The maximum Gasteiger partial charge on any atom is 0.490 e. The van der Waals surface area contributed by atoms with Crippen molar-refractivity contribution in [1.82, 2.24) is 19.7 Å². The minimum atomic E-state index is -5.08. The first-order chi connectivity index (χ1) is 19.1. The highest BCUT2D eigenvalue weighted by molar-refractivity contribution is 6.30. The molecule has 4 aromatic rings. The lowest BCUT2D eigenvalue weighted by Gasteiger charge is -2.04. The van der Waals surface area contributed by atoms with Crippen molar-refractivity contribution in [2.45, 2.75) is 18.8 Å². The van der Waals surface area contributed by atoms with E-state index in [2.05, 4.69) is 15.3 Å². The Balaban J connectivity index is 0.000000349. The number of nitrogens with zero attached hydrogens (tertiary/aromatic N) is 3. The highest BCUT2D eigenvalue weighted by atomic mass is 35.5. The zero-order valence-corrected chi connectivity index (χ0v) is 21.2. The molecule has 41 heavy (non-hydrogen) atoms. The monoisotopic (exact) mass is 604 g/mol. The molecule has 1 aromatic carbocycles. The number of hydrogen-bond acceptors (Lipinski definition) is 5. The Labute approximate surface area is 232 Å². The number of halogens is 7. The summed E-state index contributed by atoms with van der Waals surface area (Å²) in [6.45, 7) is 0.490. The summed E-state index contributed by atoms with van der Waals surface area (Å²) in [5.41, 5.74) is 3.40. The van der Waals surface area contributed by atoms with Crippen molar-refractivity contribution in [3.63, 3.8) is 0 Å². The molecule has 0 saturated heterocycles. The van der Waals surface area contributed by atoms with Crippen LogP contribution >= 0.6 is 11.6 Å². The van der Waals surface area contributed by atoms with Crippen molar-refractivity contribution in [2.24, 2.45) is 0 Å². The molecule has 1 amide bonds. The minimum absolute atomic E-state index is 0.222. The van der Waals surface area contributed by atoms with Crippen molar-refractivity contribution in [3.05, 3.63) is 89.6 Å². The number of amides is 1. The fourth-order valence-electron chi connectivity index (χ4n) is 2.98. The summed E-state index contributed by atoms with van der Waals surface area (Å²) in [5, 5.41) is 17.8. The third kappa shape index (κ3) is 10.1. The van der Waals surface area contributed by atoms with Crippen LogP contribution in [0.2, 0.25) is 5.02 Å². The zero-order chi connectivity index (χ0) is 30.8. The summed E-state index contributed by atoms with van der Waals surface area (Å²) in [6.07, 6.45) is -5.92. The summed E-state index contributed by atoms with van der Waals surface area (Å²) >= 11 is 6.12. The average molecular weight is 605 g/mol. The zero-order valence-electron chi connectivity index (χ0n) is 20.4. The number of carbonyl (C=O) groups excluding carboxylic acids is 1. The van der Waals surface area contributed by atoms with Crippen LogP contribution in [0.4, 0.5) is 26.3 Å². The van der Waals surface area contributed by atoms with Crippen LogP contribution in [0, 0.1) is 0 Å². The third-order valence-electron chi connectivity index (χ3n) is 4.73. The van der Waals surface area contributed by atoms with Gasteiger partial charge in [0.25, 0.3) is 5.91 Å². The van der Waals surface area contributed by atoms with E-state index in [1.807, 2.05) is 66.9 Å². The SMILES string of the molecule is O=C(NCCc1ccccn1)c1nc(-c2cccc(Cl)c2)c2ccccn12.O=C(O)C(F)(F)F.O=C(O)C(F)(F)F. The highest BCUT2D eigenvalue weighted by Gasteiger charge is 2.38. The first kappa shape index (κ1) is 32.6. The van der Waals surface area contributed by atoms with E-state index in [9.17, 15) is 31.1 Å². The molecular weight excluding hydrogens is 586 g/mol. The van der Waals surface area contributed by atoms with Gasteiger partial charge in [-0.25, -0.2) is 14.6 Å². The van der Waals surface area contributed by atoms with Gasteiger partial charge in [0, 0.05) is 41.6 Å². The van der Waals surface area contributed by atoms with Crippen LogP contribution in [-0.2, 0) is 16.0 Å². The van der Waals surface area contributed by atoms with Gasteiger partial charge in [-0.3, -0.25) is 14.2 Å². The van der Waals surface area contributed by atoms with Gasteiger partial charge in [0.2, 0.25) is 5.82 Å². The van der Waals surface area contributed by atoms with Crippen LogP contribution in [0.3, 0.4) is 0 Å². The molecule has 9 nitrogen and oxygen atoms in total. The number of benzene rings is 1. The standard InChI is InChI=1S/C21H17ClN4O.2C2HF3O2/c22-16-7-5-6-15(14-16)19-18-9-2-4-13-26(18)20(25-19)21(27)24-12-10-17-8-1-3-11-23-17;2*3-2(4,5)1(6)7/h1-9,11,13-14H,10,12H2,(H,24,27);2*(H,6,7). The molecule has 218 valence electrons. The normalized spacial score (nSPS) is 11.0. The predicted octanol–water partition coefficient (Wildman–Crippen LogP) is 5.29. The van der Waals surface area contributed by atoms with E-state index in [0.29, 0.717) is 23.8 Å². The number of alkyl halides is 6. The van der Waals surface area contributed by atoms with Crippen molar-refractivity contribution in [1.29, 1.82) is 0 Å². The van der Waals surface area contributed by atoms with Crippen LogP contribution < -0.4 is 5.32 Å². The summed E-state index contributed by atoms with van der Waals surface area (Å²) in [6, 6.07) is 19.0. The van der Waals surface area contributed by atoms with Gasteiger partial charge in [-0.15, -0.1) is 0 Å². The second-order valence-corrected chi connectivity index (χ2v) is 8.12. The van der Waals surface area contributed by atoms with Crippen LogP contribution in [0.15, 0.2) is 73.1 Å². The van der Waals surface area contributed by atoms with Crippen molar-refractivity contribution in [3.8, 4) is 11.3 Å². The lowest BCUT2D eigenvalue weighted by molar-refractivity contribution is -0.193. The molecule has 0 fully saturated rings. The number of rotatable bonds is 5. The Morgan fingerprint density at radius 1 is 0.878 bits per heavy atom. The fourth-order valence-corrected chi connectivity index (χ4v) is 3.17. The molecular formula is C25H19ClF6N4O5. The molecule has 0 spiro atoms. The van der Waals surface area contributed by atoms with Crippen LogP contribution in [0.25, 0.3) is 16.8 Å². The molecule has 16 heteroatoms. The Hall–Kier alpha value is -4.66. The van der Waals surface area contributed by atoms with Gasteiger partial charge in [0.05, 0.1) is 11.2 Å². The van der Waals surface area contributed by atoms with Gasteiger partial charge in [-0.2, -0.15) is 26.3 Å². The molecule has 3 aromatic heterocycles. The van der Waals surface area contributed by atoms with E-state index in [-0.39, 0.29) is 5.91 Å². The second-order valence-electron chi connectivity index (χ2n) is 7.68. The fraction of sp³-hybridized carbons (Fsp3) is 0.160. The molecule has 3 heterocycles. The maximum atomic E-state index is 12.7. The van der Waals surface area contributed by atoms with Gasteiger partial charge >= 0.3 is 24.3 Å². The van der Waals surface area contributed by atoms with Crippen molar-refractivity contribution < 1.29 is 50.9 Å². The lowest BCUT2D eigenvalue weighted by Crippen LogP contribution is -2.27. The van der Waals surface area contributed by atoms with Crippen LogP contribution in [0.1, 0.15) is 16.3 Å². The number of carbonyl (C=O) groups is 3. The van der Waals surface area contributed by atoms with Gasteiger partial charge in [-0.1, -0.05) is 35.9 Å². The molecule has 3 N–H and O–H groups in total. The van der Waals surface area contributed by atoms with Gasteiger partial charge < -0.3 is 15.5 Å². The second kappa shape index (κ2) is 14.1. The van der Waals surface area contributed by atoms with E-state index < -0.39 is 24.3 Å². The summed E-state index contributed by atoms with van der Waals surface area (Å²) < 4.78 is 65.3. The van der Waals surface area contributed by atoms with E-state index in [4.69, 9.17) is 31.4 Å². The molecule has 0 unspecified atom stereocenters. The lowest BCUT2D eigenvalue weighted by atomic mass is 10.1. The first-order valence-electron chi connectivity index (χ1n) is 11.1. The number of pyridine rings is 2. The molecule has 0 aliphatic heterocycles. The van der Waals surface area contributed by atoms with Gasteiger partial charge in [0.15, 0.2) is 0 Å². The minimum Gasteiger partial charge on any atom is -0.475 e. The number of hydrogen-bond donors (Lipinski definition) is 3. The average Bonchev–Trinajstić information content (AvgIpc) is 3.29. The number of carboxylic acid groups (broad SMARTS) is 2. The Bertz CT molecular complexity index is 1470. The first-order valence-corrected chi connectivity index (χ1v) is 11.5. The largest absolute Gasteiger partial charge is 0.490 e. The Morgan fingerprint density at radius 3 is 2.02 bits per heavy atom. The Kier molecular flexibility index (Phi) is 11.2. The van der Waals surface area contributed by atoms with Crippen LogP contribution in [0.5, 0.6) is 0 Å². The number of aromatic nitrogens is 3. The Morgan fingerprint density at radius 2 is 1.49 bits per heavy atom. The maximum absolute atomic E-state index is 12.7. The van der Waals surface area contributed by atoms with E-state index in [0.717, 1.165) is 22.5 Å². The van der Waals surface area contributed by atoms with Gasteiger partial charge in [-0.05, 0) is 36.4 Å². The van der Waals surface area contributed by atoms with Crippen molar-refractivity contribution >= 4 is 35.0 Å². The molecule has 0 radical (unpaired) electrons. The molecule has 0 aliphatic carbocycles. The summed E-state index contributed by atoms with van der Waals surface area (Å²) in [4.78, 5) is 39.4. The number of fused-ring (bicyclic) bond motifs is 1. The number of nitrogens with one attached hydrogen (secondary N) is 1. The molecule has 0 aliphatic rings. The van der Waals surface area contributed by atoms with Crippen LogP contribution in [-0.4, -0.2) is 61.3 Å². The molecule has 0 bridgehead atoms. The smallest absolute Gasteiger partial charge is 0.475 e. The molecule has 0 atom stereocenters. The third-order valence-corrected chi connectivity index (χ3v) is 4.96. The number of carboxylic acids is 2. The topological polar surface area (TPSA) is 134 Å². The van der Waals surface area contributed by atoms with E-state index in [1.165, 1.54) is 0 Å². The quantitative estimate of drug-likeness (QED) is 0.264. The number of aliphatic carboxylic acids is 2. The summed E-state index contributed by atoms with van der Waals surface area (Å²) in [7, 11) is 0. The molecule has 4 rings (SSSR count). The van der Waals surface area contributed by atoms with E-state index in [1.54, 1.807) is 10.6 Å². The number of imidazole rings is 1. The molecule has 0 saturated carbocycles. The summed E-state index contributed by atoms with van der Waals surface area (Å²) in [5.74, 6) is -5.39. The van der Waals surface area contributed by atoms with Crippen molar-refractivity contribution in [2.75, 3.05) is 6.54 Å². The van der Waals surface area contributed by atoms with Gasteiger partial charge in [0.1, 0.15) is 0 Å². The highest BCUT2D eigenvalue weighted by Crippen LogP contribution is 2.27. The van der Waals surface area contributed by atoms with E-state index >= 15 is 0 Å². The predicted molar refractivity (Wildman–Crippen MR) is 133 cm³/mol.